The molecule has 0 spiro atoms. The highest BCUT2D eigenvalue weighted by atomic mass is 79.9. The number of nitrogens with one attached hydrogen (secondary N) is 1. The van der Waals surface area contributed by atoms with E-state index in [1.807, 2.05) is 6.07 Å². The third-order valence-corrected chi connectivity index (χ3v) is 2.91. The molecule has 2 aromatic heterocycles. The van der Waals surface area contributed by atoms with E-state index in [1.165, 1.54) is 0 Å². The molecule has 0 aliphatic heterocycles. The lowest BCUT2D eigenvalue weighted by atomic mass is 10.2. The molecule has 0 saturated heterocycles. The molecule has 0 radical (unpaired) electrons. The van der Waals surface area contributed by atoms with Crippen molar-refractivity contribution in [3.63, 3.8) is 0 Å². The molecule has 0 atom stereocenters. The fourth-order valence-corrected chi connectivity index (χ4v) is 2.04. The molecular weight excluding hydrogens is 298 g/mol. The van der Waals surface area contributed by atoms with Gasteiger partial charge in [0.05, 0.1) is 5.69 Å². The zero-order valence-corrected chi connectivity index (χ0v) is 11.6. The monoisotopic (exact) mass is 309 g/mol. The van der Waals surface area contributed by atoms with E-state index in [1.54, 1.807) is 26.2 Å². The molecule has 1 N–H and O–H groups in total. The Labute approximate surface area is 113 Å². The Kier molecular flexibility index (Phi) is 3.76. The SMILES string of the molecule is Cc1noc(C)c1C(=O)NCc1cncc(Br)c1. The van der Waals surface area contributed by atoms with Crippen LogP contribution in [0.4, 0.5) is 0 Å². The molecule has 0 bridgehead atoms. The van der Waals surface area contributed by atoms with Crippen LogP contribution in [-0.4, -0.2) is 16.0 Å². The van der Waals surface area contributed by atoms with Gasteiger partial charge in [-0.05, 0) is 41.4 Å². The predicted molar refractivity (Wildman–Crippen MR) is 69.1 cm³/mol. The van der Waals surface area contributed by atoms with Crippen molar-refractivity contribution in [2.75, 3.05) is 0 Å². The molecule has 0 saturated carbocycles. The maximum absolute atomic E-state index is 12.0. The third kappa shape index (κ3) is 2.76. The first-order chi connectivity index (χ1) is 8.58. The van der Waals surface area contributed by atoms with E-state index in [0.717, 1.165) is 10.0 Å². The zero-order valence-electron chi connectivity index (χ0n) is 10.0. The van der Waals surface area contributed by atoms with Gasteiger partial charge in [-0.25, -0.2) is 0 Å². The van der Waals surface area contributed by atoms with Crippen LogP contribution < -0.4 is 5.32 Å². The molecule has 5 nitrogen and oxygen atoms in total. The predicted octanol–water partition coefficient (Wildman–Crippen LogP) is 2.38. The number of aromatic nitrogens is 2. The average Bonchev–Trinajstić information content (AvgIpc) is 2.66. The number of rotatable bonds is 3. The Bertz CT molecular complexity index is 561. The van der Waals surface area contributed by atoms with Gasteiger partial charge >= 0.3 is 0 Å². The van der Waals surface area contributed by atoms with Crippen LogP contribution >= 0.6 is 15.9 Å². The molecule has 0 aliphatic carbocycles. The Morgan fingerprint density at radius 3 is 2.83 bits per heavy atom. The first-order valence-corrected chi connectivity index (χ1v) is 6.17. The van der Waals surface area contributed by atoms with Crippen molar-refractivity contribution in [1.82, 2.24) is 15.5 Å². The molecule has 18 heavy (non-hydrogen) atoms. The van der Waals surface area contributed by atoms with Gasteiger partial charge in [-0.3, -0.25) is 9.78 Å². The highest BCUT2D eigenvalue weighted by Crippen LogP contribution is 2.13. The number of hydrogen-bond acceptors (Lipinski definition) is 4. The summed E-state index contributed by atoms with van der Waals surface area (Å²) in [6.07, 6.45) is 3.40. The summed E-state index contributed by atoms with van der Waals surface area (Å²) in [5.74, 6) is 0.337. The maximum atomic E-state index is 12.0. The van der Waals surface area contributed by atoms with Crippen molar-refractivity contribution >= 4 is 21.8 Å². The first kappa shape index (κ1) is 12.8. The molecular formula is C12H12BrN3O2. The molecule has 2 aromatic rings. The normalized spacial score (nSPS) is 10.4. The van der Waals surface area contributed by atoms with Crippen LogP contribution in [0.25, 0.3) is 0 Å². The maximum Gasteiger partial charge on any atom is 0.257 e. The summed E-state index contributed by atoms with van der Waals surface area (Å²) in [5, 5.41) is 6.56. The smallest absolute Gasteiger partial charge is 0.257 e. The number of carbonyl (C=O) groups excluding carboxylic acids is 1. The summed E-state index contributed by atoms with van der Waals surface area (Å²) < 4.78 is 5.84. The van der Waals surface area contributed by atoms with Gasteiger partial charge in [0.2, 0.25) is 0 Å². The Morgan fingerprint density at radius 1 is 1.44 bits per heavy atom. The quantitative estimate of drug-likeness (QED) is 0.945. The standard InChI is InChI=1S/C12H12BrN3O2/c1-7-11(8(2)18-16-7)12(17)15-5-9-3-10(13)6-14-4-9/h3-4,6H,5H2,1-2H3,(H,15,17). The number of halogens is 1. The lowest BCUT2D eigenvalue weighted by Crippen LogP contribution is -2.23. The van der Waals surface area contributed by atoms with Crippen molar-refractivity contribution < 1.29 is 9.32 Å². The summed E-state index contributed by atoms with van der Waals surface area (Å²) in [5.41, 5.74) is 2.01. The molecule has 0 aromatic carbocycles. The van der Waals surface area contributed by atoms with E-state index >= 15 is 0 Å². The molecule has 0 aliphatic rings. The largest absolute Gasteiger partial charge is 0.361 e. The number of nitrogens with zero attached hydrogens (tertiary/aromatic N) is 2. The van der Waals surface area contributed by atoms with E-state index in [4.69, 9.17) is 4.52 Å². The molecule has 0 unspecified atom stereocenters. The van der Waals surface area contributed by atoms with E-state index in [2.05, 4.69) is 31.4 Å². The van der Waals surface area contributed by atoms with Crippen LogP contribution in [0.15, 0.2) is 27.5 Å². The van der Waals surface area contributed by atoms with Crippen LogP contribution in [0, 0.1) is 13.8 Å². The molecule has 94 valence electrons. The van der Waals surface area contributed by atoms with E-state index in [0.29, 0.717) is 23.6 Å². The lowest BCUT2D eigenvalue weighted by Gasteiger charge is -2.04. The number of amides is 1. The average molecular weight is 310 g/mol. The molecule has 2 heterocycles. The second-order valence-corrected chi connectivity index (χ2v) is 4.81. The highest BCUT2D eigenvalue weighted by Gasteiger charge is 2.16. The van der Waals surface area contributed by atoms with Gasteiger partial charge in [0.25, 0.3) is 5.91 Å². The Balaban J connectivity index is 2.05. The molecule has 0 fully saturated rings. The number of hydrogen-bond donors (Lipinski definition) is 1. The van der Waals surface area contributed by atoms with Crippen LogP contribution in [-0.2, 0) is 6.54 Å². The Morgan fingerprint density at radius 2 is 2.22 bits per heavy atom. The van der Waals surface area contributed by atoms with Gasteiger partial charge in [-0.15, -0.1) is 0 Å². The second kappa shape index (κ2) is 5.30. The third-order valence-electron chi connectivity index (χ3n) is 2.48. The van der Waals surface area contributed by atoms with Crippen molar-refractivity contribution in [2.24, 2.45) is 0 Å². The fourth-order valence-electron chi connectivity index (χ4n) is 1.63. The van der Waals surface area contributed by atoms with E-state index < -0.39 is 0 Å². The summed E-state index contributed by atoms with van der Waals surface area (Å²) in [4.78, 5) is 16.0. The Hall–Kier alpha value is -1.69. The van der Waals surface area contributed by atoms with Crippen molar-refractivity contribution in [2.45, 2.75) is 20.4 Å². The zero-order chi connectivity index (χ0) is 13.1. The van der Waals surface area contributed by atoms with Crippen molar-refractivity contribution in [3.8, 4) is 0 Å². The van der Waals surface area contributed by atoms with Crippen molar-refractivity contribution in [1.29, 1.82) is 0 Å². The second-order valence-electron chi connectivity index (χ2n) is 3.89. The van der Waals surface area contributed by atoms with Crippen LogP contribution in [0.3, 0.4) is 0 Å². The molecule has 2 rings (SSSR count). The van der Waals surface area contributed by atoms with E-state index in [-0.39, 0.29) is 5.91 Å². The van der Waals surface area contributed by atoms with E-state index in [9.17, 15) is 4.79 Å². The van der Waals surface area contributed by atoms with Gasteiger partial charge in [-0.2, -0.15) is 0 Å². The summed E-state index contributed by atoms with van der Waals surface area (Å²) in [7, 11) is 0. The minimum absolute atomic E-state index is 0.189. The lowest BCUT2D eigenvalue weighted by molar-refractivity contribution is 0.0949. The van der Waals surface area contributed by atoms with Crippen molar-refractivity contribution in [3.05, 3.63) is 45.5 Å². The molecule has 6 heteroatoms. The minimum Gasteiger partial charge on any atom is -0.361 e. The fraction of sp³-hybridized carbons (Fsp3) is 0.250. The topological polar surface area (TPSA) is 68.0 Å². The summed E-state index contributed by atoms with van der Waals surface area (Å²) >= 11 is 3.33. The minimum atomic E-state index is -0.189. The van der Waals surface area contributed by atoms with Gasteiger partial charge < -0.3 is 9.84 Å². The van der Waals surface area contributed by atoms with Crippen LogP contribution in [0.1, 0.15) is 27.4 Å². The van der Waals surface area contributed by atoms with Gasteiger partial charge in [-0.1, -0.05) is 5.16 Å². The summed E-state index contributed by atoms with van der Waals surface area (Å²) in [6, 6.07) is 1.90. The van der Waals surface area contributed by atoms with Crippen LogP contribution in [0.2, 0.25) is 0 Å². The van der Waals surface area contributed by atoms with Gasteiger partial charge in [0.1, 0.15) is 11.3 Å². The first-order valence-electron chi connectivity index (χ1n) is 5.38. The number of carbonyl (C=O) groups is 1. The number of pyridine rings is 1. The number of aryl methyl sites for hydroxylation is 2. The van der Waals surface area contributed by atoms with Crippen LogP contribution in [0.5, 0.6) is 0 Å². The van der Waals surface area contributed by atoms with Gasteiger partial charge in [0.15, 0.2) is 0 Å². The summed E-state index contributed by atoms with van der Waals surface area (Å²) in [6.45, 7) is 3.87. The molecule has 1 amide bonds. The van der Waals surface area contributed by atoms with Gasteiger partial charge in [0, 0.05) is 23.4 Å². The highest BCUT2D eigenvalue weighted by molar-refractivity contribution is 9.10.